The number of ether oxygens (including phenoxy) is 4. The molecule has 6 aliphatic rings. The van der Waals surface area contributed by atoms with E-state index in [0.29, 0.717) is 11.1 Å². The van der Waals surface area contributed by atoms with E-state index < -0.39 is 46.8 Å². The second-order valence-electron chi connectivity index (χ2n) is 15.6. The van der Waals surface area contributed by atoms with Gasteiger partial charge in [0.1, 0.15) is 25.4 Å². The van der Waals surface area contributed by atoms with Gasteiger partial charge in [-0.05, 0) is 47.7 Å². The first-order valence-electron chi connectivity index (χ1n) is 15.7. The molecule has 4 aliphatic carbocycles. The zero-order chi connectivity index (χ0) is 30.6. The molecule has 0 aromatic carbocycles. The van der Waals surface area contributed by atoms with Crippen molar-refractivity contribution in [3.05, 3.63) is 22.3 Å². The van der Waals surface area contributed by atoms with Crippen molar-refractivity contribution in [2.75, 3.05) is 13.2 Å². The minimum atomic E-state index is -0.598. The Balaban J connectivity index is 1.67. The Bertz CT molecular complexity index is 1220. The van der Waals surface area contributed by atoms with Crippen LogP contribution in [0.2, 0.25) is 0 Å². The number of hydrogen-bond donors (Lipinski definition) is 0. The molecule has 0 saturated heterocycles. The Morgan fingerprint density at radius 3 is 1.33 bits per heavy atom. The Morgan fingerprint density at radius 2 is 1.00 bits per heavy atom. The zero-order valence-corrected chi connectivity index (χ0v) is 26.4. The fourth-order valence-electron chi connectivity index (χ4n) is 11.2. The smallest absolute Gasteiger partial charge is 0.334 e. The lowest BCUT2D eigenvalue weighted by Crippen LogP contribution is -2.62. The van der Waals surface area contributed by atoms with Crippen molar-refractivity contribution < 1.29 is 38.1 Å². The summed E-state index contributed by atoms with van der Waals surface area (Å²) in [5, 5.41) is 0. The lowest BCUT2D eigenvalue weighted by Gasteiger charge is -2.62. The minimum Gasteiger partial charge on any atom is -0.462 e. The summed E-state index contributed by atoms with van der Waals surface area (Å²) in [6, 6.07) is 0. The quantitative estimate of drug-likeness (QED) is 0.318. The van der Waals surface area contributed by atoms with Gasteiger partial charge >= 0.3 is 23.9 Å². The van der Waals surface area contributed by atoms with Crippen LogP contribution in [0, 0.1) is 45.3 Å². The second-order valence-corrected chi connectivity index (χ2v) is 15.6. The lowest BCUT2D eigenvalue weighted by molar-refractivity contribution is -0.186. The molecule has 230 valence electrons. The molecular weight excluding hydrogens is 536 g/mol. The van der Waals surface area contributed by atoms with Crippen LogP contribution in [0.1, 0.15) is 93.9 Å². The van der Waals surface area contributed by atoms with Crippen LogP contribution in [0.5, 0.6) is 0 Å². The standard InChI is InChI=1S/C34H46O8/c1-17(35)41-25-21(19-15-39-29(37)23(19)33(7)13-9-11-31(3,4)27(25)33)22-20-16-40-30(38)24(20)34(8)14-10-12-32(5,6)28(34)26(22)42-18(2)36/h21-22,25-28H,9-16H2,1-8H3/t21-,22-,25+,26+,27-,28-,33+,34+/m0/s1. The molecule has 0 radical (unpaired) electrons. The van der Waals surface area contributed by atoms with E-state index in [2.05, 4.69) is 41.5 Å². The van der Waals surface area contributed by atoms with Gasteiger partial charge in [-0.25, -0.2) is 9.59 Å². The van der Waals surface area contributed by atoms with E-state index >= 15 is 0 Å². The van der Waals surface area contributed by atoms with E-state index in [-0.39, 0.29) is 47.8 Å². The molecule has 0 spiro atoms. The van der Waals surface area contributed by atoms with Crippen molar-refractivity contribution >= 4 is 23.9 Å². The van der Waals surface area contributed by atoms with Crippen LogP contribution < -0.4 is 0 Å². The minimum absolute atomic E-state index is 0.103. The van der Waals surface area contributed by atoms with Crippen molar-refractivity contribution in [2.45, 2.75) is 106 Å². The first-order valence-corrected chi connectivity index (χ1v) is 15.7. The van der Waals surface area contributed by atoms with Gasteiger partial charge in [-0.1, -0.05) is 54.4 Å². The predicted octanol–water partition coefficient (Wildman–Crippen LogP) is 5.48. The SMILES string of the molecule is CC(=O)O[C@@H]1[C@H]([C@@H]2C3=C(C(=O)OC3)[C@@]3(C)CCCC(C)(C)[C@@H]3[C@@H]2OC(C)=O)C2=C(C(=O)OC2)[C@@]2(C)CCCC(C)(C)[C@H]12. The molecule has 42 heavy (non-hydrogen) atoms. The fraction of sp³-hybridized carbons (Fsp3) is 0.765. The molecule has 0 amide bonds. The largest absolute Gasteiger partial charge is 0.462 e. The average molecular weight is 583 g/mol. The van der Waals surface area contributed by atoms with Crippen LogP contribution in [0.4, 0.5) is 0 Å². The Labute approximate surface area is 248 Å². The summed E-state index contributed by atoms with van der Waals surface area (Å²) < 4.78 is 24.4. The first-order chi connectivity index (χ1) is 19.5. The number of carbonyl (C=O) groups excluding carboxylic acids is 4. The molecule has 8 heteroatoms. The maximum absolute atomic E-state index is 13.6. The third-order valence-corrected chi connectivity index (χ3v) is 12.2. The van der Waals surface area contributed by atoms with Gasteiger partial charge in [0.25, 0.3) is 0 Å². The average Bonchev–Trinajstić information content (AvgIpc) is 3.42. The molecule has 2 heterocycles. The molecule has 2 saturated carbocycles. The molecule has 8 atom stereocenters. The van der Waals surface area contributed by atoms with E-state index in [0.717, 1.165) is 49.7 Å². The van der Waals surface area contributed by atoms with Gasteiger partial charge < -0.3 is 18.9 Å². The molecule has 6 rings (SSSR count). The highest BCUT2D eigenvalue weighted by atomic mass is 16.6. The van der Waals surface area contributed by atoms with Crippen LogP contribution >= 0.6 is 0 Å². The topological polar surface area (TPSA) is 105 Å². The summed E-state index contributed by atoms with van der Waals surface area (Å²) in [6.07, 6.45) is 4.15. The summed E-state index contributed by atoms with van der Waals surface area (Å²) in [4.78, 5) is 53.0. The van der Waals surface area contributed by atoms with E-state index in [9.17, 15) is 19.2 Å². The highest BCUT2D eigenvalue weighted by molar-refractivity contribution is 5.95. The maximum Gasteiger partial charge on any atom is 0.334 e. The number of fused-ring (bicyclic) bond motifs is 4. The maximum atomic E-state index is 13.6. The van der Waals surface area contributed by atoms with Crippen LogP contribution in [0.15, 0.2) is 22.3 Å². The molecule has 8 nitrogen and oxygen atoms in total. The fourth-order valence-corrected chi connectivity index (χ4v) is 11.2. The Morgan fingerprint density at radius 1 is 0.643 bits per heavy atom. The van der Waals surface area contributed by atoms with E-state index in [1.165, 1.54) is 13.8 Å². The number of carbonyl (C=O) groups is 4. The van der Waals surface area contributed by atoms with Gasteiger partial charge in [-0.3, -0.25) is 9.59 Å². The van der Waals surface area contributed by atoms with Gasteiger partial charge in [0.2, 0.25) is 0 Å². The van der Waals surface area contributed by atoms with Crippen LogP contribution in [0.3, 0.4) is 0 Å². The van der Waals surface area contributed by atoms with Crippen molar-refractivity contribution in [3.63, 3.8) is 0 Å². The number of rotatable bonds is 3. The molecule has 2 aliphatic heterocycles. The molecular formula is C34H46O8. The molecule has 0 unspecified atom stereocenters. The highest BCUT2D eigenvalue weighted by Crippen LogP contribution is 2.68. The van der Waals surface area contributed by atoms with Gasteiger partial charge in [-0.15, -0.1) is 0 Å². The van der Waals surface area contributed by atoms with Gasteiger partial charge in [-0.2, -0.15) is 0 Å². The van der Waals surface area contributed by atoms with Crippen molar-refractivity contribution in [3.8, 4) is 0 Å². The number of cyclic esters (lactones) is 2. The van der Waals surface area contributed by atoms with E-state index in [4.69, 9.17) is 18.9 Å². The third-order valence-electron chi connectivity index (χ3n) is 12.2. The summed E-state index contributed by atoms with van der Waals surface area (Å²) in [5.41, 5.74) is 1.46. The number of hydrogen-bond acceptors (Lipinski definition) is 8. The van der Waals surface area contributed by atoms with E-state index in [1.807, 2.05) is 0 Å². The predicted molar refractivity (Wildman–Crippen MR) is 153 cm³/mol. The summed E-state index contributed by atoms with van der Waals surface area (Å²) in [6.45, 7) is 16.1. The summed E-state index contributed by atoms with van der Waals surface area (Å²) in [5.74, 6) is -2.75. The van der Waals surface area contributed by atoms with Crippen molar-refractivity contribution in [1.29, 1.82) is 0 Å². The summed E-state index contributed by atoms with van der Waals surface area (Å²) >= 11 is 0. The Hall–Kier alpha value is -2.64. The summed E-state index contributed by atoms with van der Waals surface area (Å²) in [7, 11) is 0. The van der Waals surface area contributed by atoms with E-state index in [1.54, 1.807) is 0 Å². The Kier molecular flexibility index (Phi) is 6.61. The zero-order valence-electron chi connectivity index (χ0n) is 26.4. The van der Waals surface area contributed by atoms with Crippen LogP contribution in [-0.2, 0) is 38.1 Å². The van der Waals surface area contributed by atoms with Crippen LogP contribution in [-0.4, -0.2) is 49.3 Å². The molecule has 2 fully saturated rings. The van der Waals surface area contributed by atoms with Crippen molar-refractivity contribution in [1.82, 2.24) is 0 Å². The lowest BCUT2D eigenvalue weighted by atomic mass is 9.43. The molecule has 0 aromatic rings. The molecule has 0 N–H and O–H groups in total. The normalized spacial score (nSPS) is 41.6. The monoisotopic (exact) mass is 582 g/mol. The van der Waals surface area contributed by atoms with Gasteiger partial charge in [0, 0.05) is 59.5 Å². The number of esters is 4. The first kappa shape index (κ1) is 29.4. The van der Waals surface area contributed by atoms with Crippen molar-refractivity contribution in [2.24, 2.45) is 45.3 Å². The van der Waals surface area contributed by atoms with Crippen LogP contribution in [0.25, 0.3) is 0 Å². The molecule has 0 bridgehead atoms. The van der Waals surface area contributed by atoms with Gasteiger partial charge in [0.15, 0.2) is 0 Å². The van der Waals surface area contributed by atoms with Gasteiger partial charge in [0.05, 0.1) is 0 Å². The third kappa shape index (κ3) is 3.98. The highest BCUT2D eigenvalue weighted by Gasteiger charge is 2.68. The molecule has 0 aromatic heterocycles. The second kappa shape index (κ2) is 9.43.